The summed E-state index contributed by atoms with van der Waals surface area (Å²) in [5, 5.41) is 7.44. The number of nitrogens with zero attached hydrogens (tertiary/aromatic N) is 2. The summed E-state index contributed by atoms with van der Waals surface area (Å²) in [6.45, 7) is 4.47. The molecule has 0 spiro atoms. The molecule has 0 aliphatic heterocycles. The van der Waals surface area contributed by atoms with Gasteiger partial charge < -0.3 is 14.6 Å². The molecule has 0 bridgehead atoms. The first kappa shape index (κ1) is 13.5. The SMILES string of the molecule is COCCNCCN(C)Cc1cc(C2CC2)on1. The molecule has 18 heavy (non-hydrogen) atoms. The van der Waals surface area contributed by atoms with E-state index in [2.05, 4.69) is 28.5 Å². The molecule has 0 saturated heterocycles. The van der Waals surface area contributed by atoms with Crippen molar-refractivity contribution < 1.29 is 9.26 Å². The third kappa shape index (κ3) is 4.40. The molecule has 1 aliphatic rings. The minimum atomic E-state index is 0.646. The van der Waals surface area contributed by atoms with Crippen molar-refractivity contribution in [1.29, 1.82) is 0 Å². The molecule has 0 radical (unpaired) electrons. The fraction of sp³-hybridized carbons (Fsp3) is 0.769. The van der Waals surface area contributed by atoms with Gasteiger partial charge in [-0.3, -0.25) is 4.90 Å². The van der Waals surface area contributed by atoms with Crippen molar-refractivity contribution in [2.45, 2.75) is 25.3 Å². The molecule has 0 amide bonds. The zero-order valence-electron chi connectivity index (χ0n) is 11.3. The minimum Gasteiger partial charge on any atom is -0.383 e. The van der Waals surface area contributed by atoms with Crippen LogP contribution < -0.4 is 5.32 Å². The van der Waals surface area contributed by atoms with Crippen molar-refractivity contribution >= 4 is 0 Å². The van der Waals surface area contributed by atoms with Crippen LogP contribution in [0.4, 0.5) is 0 Å². The lowest BCUT2D eigenvalue weighted by atomic mass is 10.3. The summed E-state index contributed by atoms with van der Waals surface area (Å²) >= 11 is 0. The molecule has 0 unspecified atom stereocenters. The molecule has 1 aliphatic carbocycles. The number of rotatable bonds is 9. The van der Waals surface area contributed by atoms with E-state index < -0.39 is 0 Å². The van der Waals surface area contributed by atoms with Gasteiger partial charge in [-0.15, -0.1) is 0 Å². The minimum absolute atomic E-state index is 0.646. The van der Waals surface area contributed by atoms with Gasteiger partial charge in [-0.1, -0.05) is 5.16 Å². The summed E-state index contributed by atoms with van der Waals surface area (Å²) in [5.41, 5.74) is 1.04. The van der Waals surface area contributed by atoms with Gasteiger partial charge in [0.25, 0.3) is 0 Å². The summed E-state index contributed by atoms with van der Waals surface area (Å²) in [5.74, 6) is 1.71. The Morgan fingerprint density at radius 2 is 2.33 bits per heavy atom. The maximum absolute atomic E-state index is 5.34. The average Bonchev–Trinajstić information content (AvgIpc) is 3.11. The van der Waals surface area contributed by atoms with Crippen molar-refractivity contribution in [3.05, 3.63) is 17.5 Å². The summed E-state index contributed by atoms with van der Waals surface area (Å²) in [7, 11) is 3.82. The van der Waals surface area contributed by atoms with Crippen LogP contribution in [-0.4, -0.2) is 50.5 Å². The van der Waals surface area contributed by atoms with E-state index in [9.17, 15) is 0 Å². The number of hydrogen-bond donors (Lipinski definition) is 1. The van der Waals surface area contributed by atoms with Gasteiger partial charge in [0.2, 0.25) is 0 Å². The topological polar surface area (TPSA) is 50.5 Å². The van der Waals surface area contributed by atoms with Crippen molar-refractivity contribution in [2.75, 3.05) is 40.4 Å². The third-order valence-corrected chi connectivity index (χ3v) is 3.14. The number of hydrogen-bond acceptors (Lipinski definition) is 5. The van der Waals surface area contributed by atoms with Crippen LogP contribution in [0.15, 0.2) is 10.6 Å². The highest BCUT2D eigenvalue weighted by molar-refractivity contribution is 5.14. The molecule has 5 nitrogen and oxygen atoms in total. The Balaban J connectivity index is 1.61. The van der Waals surface area contributed by atoms with Gasteiger partial charge in [0.1, 0.15) is 5.76 Å². The van der Waals surface area contributed by atoms with Crippen LogP contribution in [0.25, 0.3) is 0 Å². The van der Waals surface area contributed by atoms with Gasteiger partial charge in [0.15, 0.2) is 0 Å². The van der Waals surface area contributed by atoms with E-state index in [0.29, 0.717) is 5.92 Å². The van der Waals surface area contributed by atoms with Crippen LogP contribution >= 0.6 is 0 Å². The fourth-order valence-corrected chi connectivity index (χ4v) is 1.89. The van der Waals surface area contributed by atoms with E-state index in [0.717, 1.165) is 44.2 Å². The van der Waals surface area contributed by atoms with Crippen molar-refractivity contribution in [1.82, 2.24) is 15.4 Å². The Hall–Kier alpha value is -0.910. The second kappa shape index (κ2) is 6.87. The average molecular weight is 253 g/mol. The Kier molecular flexibility index (Phi) is 5.16. The molecule has 2 rings (SSSR count). The van der Waals surface area contributed by atoms with E-state index in [1.165, 1.54) is 12.8 Å². The second-order valence-electron chi connectivity index (χ2n) is 4.98. The predicted molar refractivity (Wildman–Crippen MR) is 69.6 cm³/mol. The first-order valence-corrected chi connectivity index (χ1v) is 6.63. The number of ether oxygens (including phenoxy) is 1. The van der Waals surface area contributed by atoms with Crippen LogP contribution in [0.5, 0.6) is 0 Å². The predicted octanol–water partition coefficient (Wildman–Crippen LogP) is 1.22. The molecule has 1 heterocycles. The highest BCUT2D eigenvalue weighted by Crippen LogP contribution is 2.40. The first-order chi connectivity index (χ1) is 8.79. The summed E-state index contributed by atoms with van der Waals surface area (Å²) in [6, 6.07) is 2.10. The van der Waals surface area contributed by atoms with E-state index >= 15 is 0 Å². The number of methoxy groups -OCH3 is 1. The third-order valence-electron chi connectivity index (χ3n) is 3.14. The largest absolute Gasteiger partial charge is 0.383 e. The van der Waals surface area contributed by atoms with Crippen LogP contribution in [0.1, 0.15) is 30.2 Å². The summed E-state index contributed by atoms with van der Waals surface area (Å²) in [6.07, 6.45) is 2.52. The van der Waals surface area contributed by atoms with E-state index in [4.69, 9.17) is 9.26 Å². The van der Waals surface area contributed by atoms with Gasteiger partial charge in [0.05, 0.1) is 12.3 Å². The standard InChI is InChI=1S/C13H23N3O2/c1-16(7-5-14-6-8-17-2)10-12-9-13(18-15-12)11-3-4-11/h9,11,14H,3-8,10H2,1-2H3. The van der Waals surface area contributed by atoms with E-state index in [1.807, 2.05) is 0 Å². The van der Waals surface area contributed by atoms with Gasteiger partial charge in [-0.2, -0.15) is 0 Å². The second-order valence-corrected chi connectivity index (χ2v) is 4.98. The van der Waals surface area contributed by atoms with E-state index in [-0.39, 0.29) is 0 Å². The smallest absolute Gasteiger partial charge is 0.140 e. The lowest BCUT2D eigenvalue weighted by Crippen LogP contribution is -2.30. The number of likely N-dealkylation sites (N-methyl/N-ethyl adjacent to an activating group) is 1. The van der Waals surface area contributed by atoms with Gasteiger partial charge in [-0.05, 0) is 19.9 Å². The number of aromatic nitrogens is 1. The number of nitrogens with one attached hydrogen (secondary N) is 1. The molecule has 1 fully saturated rings. The highest BCUT2D eigenvalue weighted by atomic mass is 16.5. The Morgan fingerprint density at radius 1 is 1.50 bits per heavy atom. The summed E-state index contributed by atoms with van der Waals surface area (Å²) in [4.78, 5) is 2.24. The zero-order chi connectivity index (χ0) is 12.8. The monoisotopic (exact) mass is 253 g/mol. The molecular formula is C13H23N3O2. The Bertz CT molecular complexity index is 350. The van der Waals surface area contributed by atoms with Crippen LogP contribution in [0.2, 0.25) is 0 Å². The normalized spacial score (nSPS) is 15.5. The molecule has 1 aromatic rings. The molecule has 1 aromatic heterocycles. The van der Waals surface area contributed by atoms with Crippen LogP contribution in [-0.2, 0) is 11.3 Å². The van der Waals surface area contributed by atoms with Crippen molar-refractivity contribution in [2.24, 2.45) is 0 Å². The molecule has 0 atom stereocenters. The summed E-state index contributed by atoms with van der Waals surface area (Å²) < 4.78 is 10.3. The van der Waals surface area contributed by atoms with Crippen molar-refractivity contribution in [3.63, 3.8) is 0 Å². The molecular weight excluding hydrogens is 230 g/mol. The maximum Gasteiger partial charge on any atom is 0.140 e. The molecule has 1 saturated carbocycles. The molecule has 5 heteroatoms. The van der Waals surface area contributed by atoms with E-state index in [1.54, 1.807) is 7.11 Å². The van der Waals surface area contributed by atoms with Gasteiger partial charge >= 0.3 is 0 Å². The van der Waals surface area contributed by atoms with Crippen LogP contribution in [0.3, 0.4) is 0 Å². The van der Waals surface area contributed by atoms with Gasteiger partial charge in [0, 0.05) is 45.3 Å². The quantitative estimate of drug-likeness (QED) is 0.671. The maximum atomic E-state index is 5.34. The molecule has 0 aromatic carbocycles. The van der Waals surface area contributed by atoms with Crippen molar-refractivity contribution in [3.8, 4) is 0 Å². The fourth-order valence-electron chi connectivity index (χ4n) is 1.89. The highest BCUT2D eigenvalue weighted by Gasteiger charge is 2.27. The lowest BCUT2D eigenvalue weighted by Gasteiger charge is -2.14. The van der Waals surface area contributed by atoms with Gasteiger partial charge in [-0.25, -0.2) is 0 Å². The Morgan fingerprint density at radius 3 is 3.06 bits per heavy atom. The lowest BCUT2D eigenvalue weighted by molar-refractivity contribution is 0.197. The molecule has 102 valence electrons. The Labute approximate surface area is 108 Å². The zero-order valence-corrected chi connectivity index (χ0v) is 11.3. The molecule has 1 N–H and O–H groups in total. The van der Waals surface area contributed by atoms with Crippen LogP contribution in [0, 0.1) is 0 Å². The first-order valence-electron chi connectivity index (χ1n) is 6.63.